The van der Waals surface area contributed by atoms with Gasteiger partial charge in [-0.1, -0.05) is 12.1 Å². The van der Waals surface area contributed by atoms with E-state index in [9.17, 15) is 0 Å². The number of rotatable bonds is 4. The van der Waals surface area contributed by atoms with Crippen molar-refractivity contribution in [2.24, 2.45) is 5.92 Å². The Hall–Kier alpha value is -1.75. The lowest BCUT2D eigenvalue weighted by Crippen LogP contribution is -2.12. The first-order chi connectivity index (χ1) is 9.33. The van der Waals surface area contributed by atoms with Crippen LogP contribution in [0.1, 0.15) is 49.1 Å². The SMILES string of the molecule is CO/C=C/C[C@H]1CC[C@H](c2ccc(C#N)cc2)CC1. The largest absolute Gasteiger partial charge is 0.505 e. The van der Waals surface area contributed by atoms with Gasteiger partial charge >= 0.3 is 0 Å². The zero-order valence-corrected chi connectivity index (χ0v) is 11.5. The molecular formula is C17H21NO. The first-order valence-electron chi connectivity index (χ1n) is 7.01. The van der Waals surface area contributed by atoms with Gasteiger partial charge in [0, 0.05) is 0 Å². The molecule has 0 amide bonds. The highest BCUT2D eigenvalue weighted by atomic mass is 16.5. The van der Waals surface area contributed by atoms with E-state index in [1.807, 2.05) is 12.1 Å². The summed E-state index contributed by atoms with van der Waals surface area (Å²) in [6.45, 7) is 0. The van der Waals surface area contributed by atoms with E-state index in [0.717, 1.165) is 17.9 Å². The van der Waals surface area contributed by atoms with E-state index in [2.05, 4.69) is 24.3 Å². The summed E-state index contributed by atoms with van der Waals surface area (Å²) >= 11 is 0. The predicted molar refractivity (Wildman–Crippen MR) is 76.6 cm³/mol. The molecule has 1 aliphatic rings. The monoisotopic (exact) mass is 255 g/mol. The van der Waals surface area contributed by atoms with Crippen molar-refractivity contribution in [3.63, 3.8) is 0 Å². The maximum Gasteiger partial charge on any atom is 0.0991 e. The summed E-state index contributed by atoms with van der Waals surface area (Å²) in [7, 11) is 1.69. The van der Waals surface area contributed by atoms with Gasteiger partial charge in [0.1, 0.15) is 0 Å². The van der Waals surface area contributed by atoms with Gasteiger partial charge in [0.05, 0.1) is 25.0 Å². The van der Waals surface area contributed by atoms with Crippen LogP contribution >= 0.6 is 0 Å². The Kier molecular flexibility index (Phi) is 5.03. The van der Waals surface area contributed by atoms with Gasteiger partial charge in [-0.15, -0.1) is 0 Å². The Bertz CT molecular complexity index is 447. The van der Waals surface area contributed by atoms with E-state index in [4.69, 9.17) is 10.00 Å². The molecule has 0 N–H and O–H groups in total. The maximum atomic E-state index is 8.81. The van der Waals surface area contributed by atoms with E-state index in [1.54, 1.807) is 13.4 Å². The second kappa shape index (κ2) is 6.99. The summed E-state index contributed by atoms with van der Waals surface area (Å²) in [6, 6.07) is 10.3. The molecule has 2 rings (SSSR count). The van der Waals surface area contributed by atoms with Crippen LogP contribution in [-0.4, -0.2) is 7.11 Å². The quantitative estimate of drug-likeness (QED) is 0.748. The molecule has 1 saturated carbocycles. The van der Waals surface area contributed by atoms with Crippen LogP contribution in [0, 0.1) is 17.2 Å². The van der Waals surface area contributed by atoms with Crippen LogP contribution < -0.4 is 0 Å². The van der Waals surface area contributed by atoms with Gasteiger partial charge in [0.25, 0.3) is 0 Å². The standard InChI is InChI=1S/C17H21NO/c1-19-12-2-3-14-4-8-16(9-5-14)17-10-6-15(13-18)7-11-17/h2,6-7,10-12,14,16H,3-5,8-9H2,1H3/b12-2+/t14-,16-. The Balaban J connectivity index is 1.85. The van der Waals surface area contributed by atoms with Gasteiger partial charge in [-0.25, -0.2) is 0 Å². The Morgan fingerprint density at radius 1 is 1.21 bits per heavy atom. The molecule has 2 nitrogen and oxygen atoms in total. The lowest BCUT2D eigenvalue weighted by molar-refractivity contribution is 0.315. The lowest BCUT2D eigenvalue weighted by Gasteiger charge is -2.28. The van der Waals surface area contributed by atoms with Gasteiger partial charge in [-0.2, -0.15) is 5.26 Å². The number of allylic oxidation sites excluding steroid dienone is 1. The van der Waals surface area contributed by atoms with Crippen LogP contribution in [0.4, 0.5) is 0 Å². The Morgan fingerprint density at radius 3 is 2.47 bits per heavy atom. The van der Waals surface area contributed by atoms with Crippen LogP contribution in [-0.2, 0) is 4.74 Å². The maximum absolute atomic E-state index is 8.81. The van der Waals surface area contributed by atoms with Gasteiger partial charge < -0.3 is 4.74 Å². The summed E-state index contributed by atoms with van der Waals surface area (Å²) in [5, 5.41) is 8.81. The molecule has 0 unspecified atom stereocenters. The molecule has 0 radical (unpaired) electrons. The minimum Gasteiger partial charge on any atom is -0.505 e. The van der Waals surface area contributed by atoms with Crippen molar-refractivity contribution in [3.05, 3.63) is 47.7 Å². The van der Waals surface area contributed by atoms with Crippen molar-refractivity contribution in [2.75, 3.05) is 7.11 Å². The second-order valence-corrected chi connectivity index (χ2v) is 5.29. The van der Waals surface area contributed by atoms with Crippen LogP contribution in [0.5, 0.6) is 0 Å². The minimum atomic E-state index is 0.676. The fourth-order valence-electron chi connectivity index (χ4n) is 2.91. The van der Waals surface area contributed by atoms with Crippen molar-refractivity contribution in [1.29, 1.82) is 5.26 Å². The first-order valence-corrected chi connectivity index (χ1v) is 7.01. The van der Waals surface area contributed by atoms with Crippen LogP contribution in [0.2, 0.25) is 0 Å². The topological polar surface area (TPSA) is 33.0 Å². The molecule has 0 bridgehead atoms. The average Bonchev–Trinajstić information content (AvgIpc) is 2.48. The average molecular weight is 255 g/mol. The Labute approximate surface area is 115 Å². The summed E-state index contributed by atoms with van der Waals surface area (Å²) in [6.07, 6.45) is 10.2. The van der Waals surface area contributed by atoms with Gasteiger partial charge in [-0.3, -0.25) is 0 Å². The molecule has 0 aliphatic heterocycles. The molecule has 0 aromatic heterocycles. The van der Waals surface area contributed by atoms with Crippen molar-refractivity contribution in [3.8, 4) is 6.07 Å². The summed E-state index contributed by atoms with van der Waals surface area (Å²) in [5.74, 6) is 1.48. The molecule has 0 heterocycles. The lowest BCUT2D eigenvalue weighted by atomic mass is 9.77. The molecule has 19 heavy (non-hydrogen) atoms. The molecule has 0 spiro atoms. The van der Waals surface area contributed by atoms with E-state index in [0.29, 0.717) is 5.92 Å². The number of nitrogens with zero attached hydrogens (tertiary/aromatic N) is 1. The molecule has 100 valence electrons. The highest BCUT2D eigenvalue weighted by molar-refractivity contribution is 5.33. The highest BCUT2D eigenvalue weighted by Crippen LogP contribution is 2.37. The molecular weight excluding hydrogens is 234 g/mol. The first kappa shape index (κ1) is 13.7. The molecule has 1 aromatic rings. The second-order valence-electron chi connectivity index (χ2n) is 5.29. The van der Waals surface area contributed by atoms with Crippen LogP contribution in [0.3, 0.4) is 0 Å². The fraction of sp³-hybridized carbons (Fsp3) is 0.471. The summed E-state index contributed by atoms with van der Waals surface area (Å²) in [4.78, 5) is 0. The zero-order chi connectivity index (χ0) is 13.5. The number of hydrogen-bond donors (Lipinski definition) is 0. The molecule has 0 saturated heterocycles. The number of ether oxygens (including phenoxy) is 1. The van der Waals surface area contributed by atoms with Crippen LogP contribution in [0.25, 0.3) is 0 Å². The number of nitriles is 1. The molecule has 1 fully saturated rings. The van der Waals surface area contributed by atoms with Crippen molar-refractivity contribution >= 4 is 0 Å². The molecule has 1 aliphatic carbocycles. The zero-order valence-electron chi connectivity index (χ0n) is 11.5. The van der Waals surface area contributed by atoms with Crippen LogP contribution in [0.15, 0.2) is 36.6 Å². The highest BCUT2D eigenvalue weighted by Gasteiger charge is 2.21. The molecule has 0 atom stereocenters. The number of hydrogen-bond acceptors (Lipinski definition) is 2. The summed E-state index contributed by atoms with van der Waals surface area (Å²) in [5.41, 5.74) is 2.15. The normalized spacial score (nSPS) is 23.2. The van der Waals surface area contributed by atoms with E-state index in [-0.39, 0.29) is 0 Å². The number of methoxy groups -OCH3 is 1. The smallest absolute Gasteiger partial charge is 0.0991 e. The fourth-order valence-corrected chi connectivity index (χ4v) is 2.91. The third-order valence-electron chi connectivity index (χ3n) is 4.06. The van der Waals surface area contributed by atoms with Crippen molar-refractivity contribution < 1.29 is 4.74 Å². The summed E-state index contributed by atoms with van der Waals surface area (Å²) < 4.78 is 4.94. The van der Waals surface area contributed by atoms with E-state index in [1.165, 1.54) is 31.2 Å². The molecule has 2 heteroatoms. The number of benzene rings is 1. The Morgan fingerprint density at radius 2 is 1.89 bits per heavy atom. The van der Waals surface area contributed by atoms with Crippen molar-refractivity contribution in [1.82, 2.24) is 0 Å². The third kappa shape index (κ3) is 3.86. The minimum absolute atomic E-state index is 0.676. The third-order valence-corrected chi connectivity index (χ3v) is 4.06. The van der Waals surface area contributed by atoms with Gasteiger partial charge in [-0.05, 0) is 67.7 Å². The van der Waals surface area contributed by atoms with E-state index >= 15 is 0 Å². The van der Waals surface area contributed by atoms with Gasteiger partial charge in [0.15, 0.2) is 0 Å². The predicted octanol–water partition coefficient (Wildman–Crippen LogP) is 4.38. The van der Waals surface area contributed by atoms with Gasteiger partial charge in [0.2, 0.25) is 0 Å². The molecule has 1 aromatic carbocycles. The van der Waals surface area contributed by atoms with Crippen molar-refractivity contribution in [2.45, 2.75) is 38.0 Å². The van der Waals surface area contributed by atoms with E-state index < -0.39 is 0 Å².